The van der Waals surface area contributed by atoms with E-state index in [-0.39, 0.29) is 0 Å². The van der Waals surface area contributed by atoms with Crippen molar-refractivity contribution < 1.29 is 0 Å². The maximum absolute atomic E-state index is 3.84. The largest absolute Gasteiger partial charge is 0.310 e. The third kappa shape index (κ3) is 4.32. The van der Waals surface area contributed by atoms with Gasteiger partial charge in [-0.3, -0.25) is 0 Å². The number of rotatable bonds is 5. The molecule has 1 N–H and O–H groups in total. The first kappa shape index (κ1) is 17.0. The summed E-state index contributed by atoms with van der Waals surface area (Å²) in [4.78, 5) is 0. The molecule has 1 saturated carbocycles. The van der Waals surface area contributed by atoms with Crippen molar-refractivity contribution in [3.8, 4) is 0 Å². The van der Waals surface area contributed by atoms with Gasteiger partial charge in [-0.05, 0) is 74.2 Å². The maximum atomic E-state index is 3.84. The number of halogens is 1. The zero-order valence-electron chi connectivity index (χ0n) is 14.0. The van der Waals surface area contributed by atoms with Gasteiger partial charge in [0.2, 0.25) is 0 Å². The molecule has 1 aliphatic carbocycles. The summed E-state index contributed by atoms with van der Waals surface area (Å²) in [7, 11) is 0. The van der Waals surface area contributed by atoms with Gasteiger partial charge in [0.05, 0.1) is 0 Å². The smallest absolute Gasteiger partial charge is 0.0351 e. The van der Waals surface area contributed by atoms with Crippen LogP contribution in [-0.2, 0) is 0 Å². The Bertz CT molecular complexity index is 461. The lowest BCUT2D eigenvalue weighted by Crippen LogP contribution is -2.32. The highest BCUT2D eigenvalue weighted by Crippen LogP contribution is 2.38. The molecular weight excluding hydrogens is 322 g/mol. The molecule has 0 saturated heterocycles. The van der Waals surface area contributed by atoms with Crippen molar-refractivity contribution in [2.45, 2.75) is 65.8 Å². The van der Waals surface area contributed by atoms with E-state index in [0.29, 0.717) is 6.04 Å². The summed E-state index contributed by atoms with van der Waals surface area (Å²) in [6.45, 7) is 10.2. The number of aryl methyl sites for hydroxylation is 2. The summed E-state index contributed by atoms with van der Waals surface area (Å²) in [5, 5.41) is 3.84. The van der Waals surface area contributed by atoms with E-state index in [2.05, 4.69) is 61.1 Å². The minimum absolute atomic E-state index is 0.532. The van der Waals surface area contributed by atoms with Crippen LogP contribution in [0, 0.1) is 25.7 Å². The molecule has 2 rings (SSSR count). The van der Waals surface area contributed by atoms with E-state index in [4.69, 9.17) is 0 Å². The molecule has 0 heterocycles. The maximum Gasteiger partial charge on any atom is 0.0351 e. The fourth-order valence-electron chi connectivity index (χ4n) is 3.59. The summed E-state index contributed by atoms with van der Waals surface area (Å²) in [5.74, 6) is 1.72. The Balaban J connectivity index is 2.25. The van der Waals surface area contributed by atoms with E-state index in [1.54, 1.807) is 0 Å². The number of hydrogen-bond acceptors (Lipinski definition) is 1. The first-order valence-electron chi connectivity index (χ1n) is 8.53. The topological polar surface area (TPSA) is 12.0 Å². The molecule has 2 heteroatoms. The van der Waals surface area contributed by atoms with Crippen LogP contribution in [0.4, 0.5) is 0 Å². The Hall–Kier alpha value is -0.340. The molecule has 1 aromatic rings. The second kappa shape index (κ2) is 7.78. The van der Waals surface area contributed by atoms with Crippen LogP contribution in [0.25, 0.3) is 0 Å². The van der Waals surface area contributed by atoms with Crippen LogP contribution in [-0.4, -0.2) is 6.54 Å². The fourth-order valence-corrected chi connectivity index (χ4v) is 4.05. The van der Waals surface area contributed by atoms with E-state index in [1.165, 1.54) is 53.3 Å². The van der Waals surface area contributed by atoms with Gasteiger partial charge in [0.25, 0.3) is 0 Å². The lowest BCUT2D eigenvalue weighted by molar-refractivity contribution is 0.231. The Kier molecular flexibility index (Phi) is 6.31. The first-order chi connectivity index (χ1) is 10.0. The van der Waals surface area contributed by atoms with Crippen LogP contribution in [0.15, 0.2) is 16.6 Å². The molecule has 0 aliphatic heterocycles. The first-order valence-corrected chi connectivity index (χ1v) is 9.32. The lowest BCUT2D eigenvalue weighted by atomic mass is 9.76. The normalized spacial score (nSPS) is 24.0. The molecule has 1 fully saturated rings. The zero-order chi connectivity index (χ0) is 15.4. The van der Waals surface area contributed by atoms with Gasteiger partial charge in [-0.2, -0.15) is 0 Å². The molecule has 0 bridgehead atoms. The molecule has 1 unspecified atom stereocenters. The zero-order valence-corrected chi connectivity index (χ0v) is 15.6. The molecule has 0 aromatic heterocycles. The standard InChI is InChI=1S/C19H30BrN/c1-5-10-21-19(16-8-6-13(2)7-9-16)17-11-15(4)18(20)12-14(17)3/h11-13,16,19,21H,5-10H2,1-4H3. The summed E-state index contributed by atoms with van der Waals surface area (Å²) >= 11 is 3.67. The lowest BCUT2D eigenvalue weighted by Gasteiger charge is -2.34. The molecule has 1 aromatic carbocycles. The second-order valence-corrected chi connectivity index (χ2v) is 7.76. The predicted molar refractivity (Wildman–Crippen MR) is 95.8 cm³/mol. The van der Waals surface area contributed by atoms with Crippen molar-refractivity contribution in [2.75, 3.05) is 6.54 Å². The van der Waals surface area contributed by atoms with Gasteiger partial charge in [-0.1, -0.05) is 48.7 Å². The molecule has 0 radical (unpaired) electrons. The highest BCUT2D eigenvalue weighted by atomic mass is 79.9. The molecule has 1 nitrogen and oxygen atoms in total. The summed E-state index contributed by atoms with van der Waals surface area (Å²) in [6, 6.07) is 5.21. The molecule has 0 amide bonds. The SMILES string of the molecule is CCCNC(c1cc(C)c(Br)cc1C)C1CCC(C)CC1. The van der Waals surface area contributed by atoms with Gasteiger partial charge < -0.3 is 5.32 Å². The minimum Gasteiger partial charge on any atom is -0.310 e. The van der Waals surface area contributed by atoms with E-state index < -0.39 is 0 Å². The molecular formula is C19H30BrN. The van der Waals surface area contributed by atoms with E-state index in [9.17, 15) is 0 Å². The number of hydrogen-bond donors (Lipinski definition) is 1. The third-order valence-corrected chi connectivity index (χ3v) is 5.88. The predicted octanol–water partition coefficient (Wildman–Crippen LogP) is 5.93. The van der Waals surface area contributed by atoms with Gasteiger partial charge in [0, 0.05) is 10.5 Å². The van der Waals surface area contributed by atoms with Crippen LogP contribution in [0.3, 0.4) is 0 Å². The second-order valence-electron chi connectivity index (χ2n) is 6.91. The highest BCUT2D eigenvalue weighted by Gasteiger charge is 2.28. The Morgan fingerprint density at radius 1 is 1.14 bits per heavy atom. The van der Waals surface area contributed by atoms with Gasteiger partial charge in [0.1, 0.15) is 0 Å². The van der Waals surface area contributed by atoms with Gasteiger partial charge in [-0.15, -0.1) is 0 Å². The van der Waals surface area contributed by atoms with Crippen molar-refractivity contribution in [3.63, 3.8) is 0 Å². The van der Waals surface area contributed by atoms with Crippen molar-refractivity contribution in [2.24, 2.45) is 11.8 Å². The molecule has 21 heavy (non-hydrogen) atoms. The molecule has 118 valence electrons. The van der Waals surface area contributed by atoms with Crippen LogP contribution in [0.2, 0.25) is 0 Å². The van der Waals surface area contributed by atoms with Gasteiger partial charge in [-0.25, -0.2) is 0 Å². The van der Waals surface area contributed by atoms with Crippen molar-refractivity contribution in [3.05, 3.63) is 33.3 Å². The van der Waals surface area contributed by atoms with Crippen molar-refractivity contribution >= 4 is 15.9 Å². The van der Waals surface area contributed by atoms with E-state index in [1.807, 2.05) is 0 Å². The van der Waals surface area contributed by atoms with Gasteiger partial charge in [0.15, 0.2) is 0 Å². The molecule has 1 aliphatic rings. The molecule has 1 atom stereocenters. The number of nitrogens with one attached hydrogen (secondary N) is 1. The quantitative estimate of drug-likeness (QED) is 0.692. The highest BCUT2D eigenvalue weighted by molar-refractivity contribution is 9.10. The minimum atomic E-state index is 0.532. The summed E-state index contributed by atoms with van der Waals surface area (Å²) in [5.41, 5.74) is 4.28. The van der Waals surface area contributed by atoms with Crippen molar-refractivity contribution in [1.29, 1.82) is 0 Å². The fraction of sp³-hybridized carbons (Fsp3) is 0.684. The summed E-state index contributed by atoms with van der Waals surface area (Å²) < 4.78 is 1.23. The van der Waals surface area contributed by atoms with Crippen LogP contribution in [0.1, 0.15) is 68.7 Å². The van der Waals surface area contributed by atoms with E-state index >= 15 is 0 Å². The monoisotopic (exact) mass is 351 g/mol. The van der Waals surface area contributed by atoms with E-state index in [0.717, 1.165) is 18.4 Å². The Morgan fingerprint density at radius 3 is 2.43 bits per heavy atom. The summed E-state index contributed by atoms with van der Waals surface area (Å²) in [6.07, 6.45) is 6.73. The third-order valence-electron chi connectivity index (χ3n) is 5.03. The average molecular weight is 352 g/mol. The van der Waals surface area contributed by atoms with Crippen LogP contribution in [0.5, 0.6) is 0 Å². The van der Waals surface area contributed by atoms with Crippen LogP contribution < -0.4 is 5.32 Å². The number of benzene rings is 1. The average Bonchev–Trinajstić information content (AvgIpc) is 2.46. The Labute approximate surface area is 139 Å². The van der Waals surface area contributed by atoms with Crippen LogP contribution >= 0.6 is 15.9 Å². The van der Waals surface area contributed by atoms with Crippen molar-refractivity contribution in [1.82, 2.24) is 5.32 Å². The Morgan fingerprint density at radius 2 is 1.81 bits per heavy atom. The van der Waals surface area contributed by atoms with Gasteiger partial charge >= 0.3 is 0 Å². The molecule has 0 spiro atoms.